The van der Waals surface area contributed by atoms with E-state index < -0.39 is 7.25 Å². The van der Waals surface area contributed by atoms with Crippen LogP contribution in [0.15, 0.2) is 90.7 Å². The molecule has 0 radical (unpaired) electrons. The highest BCUT2D eigenvalue weighted by atomic mass is 19.5. The predicted molar refractivity (Wildman–Crippen MR) is 148 cm³/mol. The normalized spacial score (nSPS) is 16.4. The van der Waals surface area contributed by atoms with E-state index in [1.165, 1.54) is 41.6 Å². The molecule has 0 saturated carbocycles. The van der Waals surface area contributed by atoms with E-state index >= 15 is 0 Å². The molecule has 3 aromatic rings. The predicted octanol–water partition coefficient (Wildman–Crippen LogP) is 6.93. The Morgan fingerprint density at radius 1 is 0.825 bits per heavy atom. The first-order valence-corrected chi connectivity index (χ1v) is 13.0. The molecule has 0 saturated heterocycles. The van der Waals surface area contributed by atoms with Crippen molar-refractivity contribution in [3.63, 3.8) is 0 Å². The largest absolute Gasteiger partial charge is 0.673 e. The lowest BCUT2D eigenvalue weighted by molar-refractivity contribution is 0.368. The number of hydrogen-bond donors (Lipinski definition) is 0. The van der Waals surface area contributed by atoms with Gasteiger partial charge in [-0.05, 0) is 89.5 Å². The molecule has 40 heavy (non-hydrogen) atoms. The van der Waals surface area contributed by atoms with E-state index in [1.54, 1.807) is 24.3 Å². The minimum absolute atomic E-state index is 0.279. The molecule has 2 aliphatic heterocycles. The number of aryl methyl sites for hydroxylation is 1. The summed E-state index contributed by atoms with van der Waals surface area (Å²) in [6.45, 7) is 4.43. The van der Waals surface area contributed by atoms with Crippen molar-refractivity contribution in [2.75, 3.05) is 13.1 Å². The maximum atomic E-state index is 13.5. The minimum Gasteiger partial charge on any atom is -0.457 e. The monoisotopic (exact) mass is 555 g/mol. The van der Waals surface area contributed by atoms with Crippen molar-refractivity contribution in [3.8, 4) is 0 Å². The van der Waals surface area contributed by atoms with E-state index in [1.807, 2.05) is 18.2 Å². The fourth-order valence-electron chi connectivity index (χ4n) is 4.65. The average molecular weight is 555 g/mol. The SMILES string of the molecule is CCC[N+]1=c2ccc(=CC=C3C=C(c4ccc(F)cc4)C=C(c4ccc(F)cc4)O3)cc2CCC1.F[B-](F)(F)F. The molecular weight excluding hydrogens is 527 g/mol. The van der Waals surface area contributed by atoms with Gasteiger partial charge in [0.15, 0.2) is 0 Å². The standard InChI is InChI=1S/C31H28F2NO.BF4/c1-2-17-34-18-3-4-25-19-22(6-16-30(25)34)5-15-29-20-26(23-7-11-27(32)12-8-23)21-31(35-29)24-9-13-28(33)14-10-24;2-1(3,4)5/h5-16,19-21H,2-4,17-18H2,1H3;/q+1;-1. The Morgan fingerprint density at radius 3 is 2.08 bits per heavy atom. The number of nitrogens with zero attached hydrogens (tertiary/aromatic N) is 1. The third kappa shape index (κ3) is 8.25. The molecule has 0 bridgehead atoms. The van der Waals surface area contributed by atoms with E-state index in [-0.39, 0.29) is 11.6 Å². The summed E-state index contributed by atoms with van der Waals surface area (Å²) in [7, 11) is -6.00. The van der Waals surface area contributed by atoms with Crippen molar-refractivity contribution < 1.29 is 30.8 Å². The smallest absolute Gasteiger partial charge is 0.457 e. The number of allylic oxidation sites excluding steroid dienone is 4. The minimum atomic E-state index is -6.00. The molecule has 0 fully saturated rings. The molecule has 0 N–H and O–H groups in total. The summed E-state index contributed by atoms with van der Waals surface area (Å²) in [6.07, 6.45) is 11.3. The van der Waals surface area contributed by atoms with Gasteiger partial charge in [-0.15, -0.1) is 0 Å². The fourth-order valence-corrected chi connectivity index (χ4v) is 4.65. The van der Waals surface area contributed by atoms with Gasteiger partial charge in [0.2, 0.25) is 5.36 Å². The van der Waals surface area contributed by atoms with Crippen LogP contribution in [-0.2, 0) is 11.2 Å². The van der Waals surface area contributed by atoms with Crippen molar-refractivity contribution in [3.05, 3.63) is 130 Å². The van der Waals surface area contributed by atoms with Gasteiger partial charge in [-0.25, -0.2) is 13.4 Å². The molecule has 2 nitrogen and oxygen atoms in total. The lowest BCUT2D eigenvalue weighted by Crippen LogP contribution is -2.38. The number of hydrogen-bond acceptors (Lipinski definition) is 1. The summed E-state index contributed by atoms with van der Waals surface area (Å²) in [4.78, 5) is 0. The van der Waals surface area contributed by atoms with Crippen molar-refractivity contribution in [1.29, 1.82) is 0 Å². The van der Waals surface area contributed by atoms with Gasteiger partial charge in [0.25, 0.3) is 0 Å². The number of ether oxygens (including phenoxy) is 1. The Morgan fingerprint density at radius 2 is 1.45 bits per heavy atom. The lowest BCUT2D eigenvalue weighted by atomic mass is 10.00. The van der Waals surface area contributed by atoms with Crippen LogP contribution >= 0.6 is 0 Å². The summed E-state index contributed by atoms with van der Waals surface area (Å²) >= 11 is 0. The Balaban J connectivity index is 0.000000681. The number of fused-ring (bicyclic) bond motifs is 1. The first-order chi connectivity index (χ1) is 19.1. The van der Waals surface area contributed by atoms with Gasteiger partial charge in [-0.3, -0.25) is 0 Å². The second-order valence-corrected chi connectivity index (χ2v) is 9.43. The zero-order chi connectivity index (χ0) is 28.7. The Hall–Kier alpha value is -4.01. The Bertz CT molecular complexity index is 1550. The van der Waals surface area contributed by atoms with Gasteiger partial charge in [0, 0.05) is 30.0 Å². The molecule has 0 unspecified atom stereocenters. The van der Waals surface area contributed by atoms with Crippen LogP contribution in [0.4, 0.5) is 26.0 Å². The molecule has 208 valence electrons. The number of benzene rings is 3. The summed E-state index contributed by atoms with van der Waals surface area (Å²) in [5.74, 6) is 0.704. The van der Waals surface area contributed by atoms with Crippen LogP contribution in [-0.4, -0.2) is 20.3 Å². The van der Waals surface area contributed by atoms with Crippen molar-refractivity contribution in [1.82, 2.24) is 4.58 Å². The molecule has 5 rings (SSSR count). The average Bonchev–Trinajstić information content (AvgIpc) is 2.92. The zero-order valence-corrected chi connectivity index (χ0v) is 21.9. The van der Waals surface area contributed by atoms with Crippen LogP contribution < -0.4 is 15.2 Å². The molecule has 3 aromatic carbocycles. The molecule has 0 amide bonds. The van der Waals surface area contributed by atoms with Crippen LogP contribution in [0.1, 0.15) is 36.5 Å². The molecule has 0 aromatic heterocycles. The molecule has 2 heterocycles. The molecule has 0 spiro atoms. The Kier molecular flexibility index (Phi) is 9.35. The van der Waals surface area contributed by atoms with Gasteiger partial charge in [-0.2, -0.15) is 0 Å². The number of halogens is 6. The van der Waals surface area contributed by atoms with Crippen LogP contribution in [0.3, 0.4) is 0 Å². The third-order valence-electron chi connectivity index (χ3n) is 6.37. The maximum Gasteiger partial charge on any atom is 0.673 e. The lowest BCUT2D eigenvalue weighted by Gasteiger charge is -2.18. The first kappa shape index (κ1) is 29.0. The summed E-state index contributed by atoms with van der Waals surface area (Å²) in [5.41, 5.74) is 3.94. The number of rotatable bonds is 5. The zero-order valence-electron chi connectivity index (χ0n) is 21.9. The molecule has 2 aliphatic rings. The van der Waals surface area contributed by atoms with Crippen molar-refractivity contribution in [2.45, 2.75) is 26.2 Å². The van der Waals surface area contributed by atoms with Gasteiger partial charge < -0.3 is 22.0 Å². The van der Waals surface area contributed by atoms with E-state index in [9.17, 15) is 26.0 Å². The molecular formula is C31H28BF6NO. The van der Waals surface area contributed by atoms with E-state index in [4.69, 9.17) is 4.74 Å². The van der Waals surface area contributed by atoms with Crippen LogP contribution in [0.25, 0.3) is 17.4 Å². The quantitative estimate of drug-likeness (QED) is 0.189. The molecule has 0 aliphatic carbocycles. The van der Waals surface area contributed by atoms with Crippen LogP contribution in [0.5, 0.6) is 0 Å². The van der Waals surface area contributed by atoms with Gasteiger partial charge in [0.05, 0.1) is 0 Å². The second kappa shape index (κ2) is 12.9. The van der Waals surface area contributed by atoms with Crippen LogP contribution in [0, 0.1) is 11.6 Å². The highest BCUT2D eigenvalue weighted by Crippen LogP contribution is 2.32. The van der Waals surface area contributed by atoms with Crippen LogP contribution in [0.2, 0.25) is 0 Å². The third-order valence-corrected chi connectivity index (χ3v) is 6.37. The summed E-state index contributed by atoms with van der Waals surface area (Å²) in [5, 5.41) is 2.46. The van der Waals surface area contributed by atoms with Gasteiger partial charge >= 0.3 is 7.25 Å². The topological polar surface area (TPSA) is 12.2 Å². The highest BCUT2D eigenvalue weighted by Gasteiger charge is 2.20. The first-order valence-electron chi connectivity index (χ1n) is 13.0. The van der Waals surface area contributed by atoms with E-state index in [0.29, 0.717) is 11.5 Å². The molecule has 0 atom stereocenters. The van der Waals surface area contributed by atoms with E-state index in [2.05, 4.69) is 35.8 Å². The maximum absolute atomic E-state index is 13.5. The van der Waals surface area contributed by atoms with Crippen molar-refractivity contribution >= 4 is 24.7 Å². The fraction of sp³-hybridized carbons (Fsp3) is 0.194. The molecule has 9 heteroatoms. The summed E-state index contributed by atoms with van der Waals surface area (Å²) in [6, 6.07) is 19.2. The van der Waals surface area contributed by atoms with Crippen molar-refractivity contribution in [2.24, 2.45) is 0 Å². The highest BCUT2D eigenvalue weighted by molar-refractivity contribution is 6.50. The van der Waals surface area contributed by atoms with Gasteiger partial charge in [-0.1, -0.05) is 25.1 Å². The Labute approximate surface area is 229 Å². The second-order valence-electron chi connectivity index (χ2n) is 9.43. The van der Waals surface area contributed by atoms with Gasteiger partial charge in [0.1, 0.15) is 36.2 Å². The summed E-state index contributed by atoms with van der Waals surface area (Å²) < 4.78 is 74.6. The van der Waals surface area contributed by atoms with E-state index in [0.717, 1.165) is 47.8 Å².